The number of hydrogen-bond donors (Lipinski definition) is 1. The van der Waals surface area contributed by atoms with Gasteiger partial charge in [0.15, 0.2) is 5.78 Å². The molecule has 2 heterocycles. The van der Waals surface area contributed by atoms with Crippen LogP contribution < -0.4 is 10.2 Å². The van der Waals surface area contributed by atoms with Crippen LogP contribution in [0.3, 0.4) is 0 Å². The van der Waals surface area contributed by atoms with Crippen LogP contribution in [0.15, 0.2) is 91.1 Å². The van der Waals surface area contributed by atoms with E-state index >= 15 is 0 Å². The van der Waals surface area contributed by atoms with Gasteiger partial charge in [-0.25, -0.2) is 4.79 Å². The van der Waals surface area contributed by atoms with E-state index in [0.717, 1.165) is 22.0 Å². The minimum atomic E-state index is -0.908. The Hall–Kier alpha value is -4.89. The first kappa shape index (κ1) is 36.4. The summed E-state index contributed by atoms with van der Waals surface area (Å²) in [6.07, 6.45) is 2.45. The number of pyridine rings is 1. The lowest BCUT2D eigenvalue weighted by atomic mass is 9.92. The standard InChI is InChI=1S/C41H48N4O5/c1-28(2)22-33(27-44(40(49)50-41(3,4)5)34-19-18-30-13-6-7-14-31(30)25-34)39(48)45(36-17-11-20-42-26-37(36)46)38(47)24-29-12-10-15-32(23-29)35-16-8-9-21-43-35/h6-10,12-16,18-19,21,23,25,28,33,36,42H,11,17,20,22,24,26-27H2,1-5H3/t33?,36-/m0/s1. The number of nitrogens with zero attached hydrogens (tertiary/aromatic N) is 3. The lowest BCUT2D eigenvalue weighted by Gasteiger charge is -2.35. The number of rotatable bonds is 10. The summed E-state index contributed by atoms with van der Waals surface area (Å²) in [5.41, 5.74) is 2.13. The number of benzene rings is 3. The average molecular weight is 677 g/mol. The van der Waals surface area contributed by atoms with Gasteiger partial charge in [0.25, 0.3) is 0 Å². The molecule has 2 atom stereocenters. The normalized spacial score (nSPS) is 15.7. The number of carbonyl (C=O) groups excluding carboxylic acids is 4. The predicted octanol–water partition coefficient (Wildman–Crippen LogP) is 7.22. The number of fused-ring (bicyclic) bond motifs is 1. The quantitative estimate of drug-likeness (QED) is 0.189. The number of Topliss-reactive ketones (excluding diaryl/α,β-unsaturated/α-hetero) is 1. The van der Waals surface area contributed by atoms with Crippen molar-refractivity contribution in [2.75, 3.05) is 24.5 Å². The SMILES string of the molecule is CC(C)CC(CN(C(=O)OC(C)(C)C)c1ccc2ccccc2c1)C(=O)N(C(=O)Cc1cccc(-c2ccccn2)c1)[C@H]1CCCNCC1=O. The number of ketones is 1. The molecule has 0 saturated carbocycles. The van der Waals surface area contributed by atoms with Crippen LogP contribution in [0, 0.1) is 11.8 Å². The molecule has 1 unspecified atom stereocenters. The Bertz CT molecular complexity index is 1820. The number of amides is 3. The van der Waals surface area contributed by atoms with E-state index in [1.54, 1.807) is 27.0 Å². The van der Waals surface area contributed by atoms with E-state index in [1.807, 2.05) is 98.8 Å². The third-order valence-electron chi connectivity index (χ3n) is 8.73. The van der Waals surface area contributed by atoms with Gasteiger partial charge in [-0.2, -0.15) is 0 Å². The highest BCUT2D eigenvalue weighted by atomic mass is 16.6. The summed E-state index contributed by atoms with van der Waals surface area (Å²) in [4.78, 5) is 63.8. The number of imide groups is 1. The predicted molar refractivity (Wildman–Crippen MR) is 197 cm³/mol. The molecule has 0 radical (unpaired) electrons. The monoisotopic (exact) mass is 676 g/mol. The highest BCUT2D eigenvalue weighted by molar-refractivity contribution is 6.03. The van der Waals surface area contributed by atoms with E-state index in [1.165, 1.54) is 9.80 Å². The summed E-state index contributed by atoms with van der Waals surface area (Å²) < 4.78 is 5.86. The van der Waals surface area contributed by atoms with Crippen LogP contribution in [-0.2, 0) is 25.5 Å². The maximum Gasteiger partial charge on any atom is 0.414 e. The Kier molecular flexibility index (Phi) is 11.8. The zero-order chi connectivity index (χ0) is 35.8. The maximum atomic E-state index is 14.9. The fraction of sp³-hybridized carbons (Fsp3) is 0.390. The third-order valence-corrected chi connectivity index (χ3v) is 8.73. The van der Waals surface area contributed by atoms with Gasteiger partial charge in [0.2, 0.25) is 11.8 Å². The first-order chi connectivity index (χ1) is 23.9. The molecule has 0 bridgehead atoms. The molecular formula is C41H48N4O5. The van der Waals surface area contributed by atoms with Gasteiger partial charge in [0, 0.05) is 24.0 Å². The van der Waals surface area contributed by atoms with Gasteiger partial charge < -0.3 is 10.1 Å². The van der Waals surface area contributed by atoms with Gasteiger partial charge in [0.05, 0.1) is 30.6 Å². The summed E-state index contributed by atoms with van der Waals surface area (Å²) in [6, 6.07) is 25.8. The van der Waals surface area contributed by atoms with E-state index in [-0.39, 0.29) is 31.2 Å². The van der Waals surface area contributed by atoms with Crippen LogP contribution in [0.25, 0.3) is 22.0 Å². The van der Waals surface area contributed by atoms with Gasteiger partial charge in [-0.05, 0) is 99.2 Å². The second-order valence-electron chi connectivity index (χ2n) is 14.4. The van der Waals surface area contributed by atoms with Gasteiger partial charge >= 0.3 is 6.09 Å². The summed E-state index contributed by atoms with van der Waals surface area (Å²) >= 11 is 0. The number of anilines is 1. The number of aromatic nitrogens is 1. The molecule has 4 aromatic rings. The van der Waals surface area contributed by atoms with Gasteiger partial charge in [0.1, 0.15) is 5.60 Å². The van der Waals surface area contributed by atoms with Crippen LogP contribution in [0.2, 0.25) is 0 Å². The van der Waals surface area contributed by atoms with E-state index in [4.69, 9.17) is 4.74 Å². The fourth-order valence-corrected chi connectivity index (χ4v) is 6.45. The molecule has 5 rings (SSSR count). The third kappa shape index (κ3) is 9.41. The van der Waals surface area contributed by atoms with Crippen molar-refractivity contribution < 1.29 is 23.9 Å². The lowest BCUT2D eigenvalue weighted by Crippen LogP contribution is -2.54. The molecule has 1 aliphatic heterocycles. The smallest absolute Gasteiger partial charge is 0.414 e. The second-order valence-corrected chi connectivity index (χ2v) is 14.4. The zero-order valence-electron chi connectivity index (χ0n) is 29.7. The minimum Gasteiger partial charge on any atom is -0.443 e. The molecule has 9 nitrogen and oxygen atoms in total. The largest absolute Gasteiger partial charge is 0.443 e. The van der Waals surface area contributed by atoms with Crippen molar-refractivity contribution in [1.82, 2.24) is 15.2 Å². The fourth-order valence-electron chi connectivity index (χ4n) is 6.45. The Balaban J connectivity index is 1.52. The highest BCUT2D eigenvalue weighted by Crippen LogP contribution is 2.29. The Morgan fingerprint density at radius 1 is 0.940 bits per heavy atom. The van der Waals surface area contributed by atoms with E-state index in [2.05, 4.69) is 10.3 Å². The molecular weight excluding hydrogens is 628 g/mol. The molecule has 1 saturated heterocycles. The number of hydrogen-bond acceptors (Lipinski definition) is 7. The Morgan fingerprint density at radius 3 is 2.42 bits per heavy atom. The Labute approximate surface area is 295 Å². The van der Waals surface area contributed by atoms with Gasteiger partial charge in [-0.15, -0.1) is 0 Å². The van der Waals surface area contributed by atoms with E-state index in [9.17, 15) is 19.2 Å². The molecule has 0 aliphatic carbocycles. The number of nitrogens with one attached hydrogen (secondary N) is 1. The van der Waals surface area contributed by atoms with Crippen LogP contribution in [0.5, 0.6) is 0 Å². The van der Waals surface area contributed by atoms with Crippen molar-refractivity contribution in [3.63, 3.8) is 0 Å². The molecule has 1 aliphatic rings. The van der Waals surface area contributed by atoms with Crippen molar-refractivity contribution in [3.8, 4) is 11.3 Å². The minimum absolute atomic E-state index is 0.0254. The van der Waals surface area contributed by atoms with Crippen LogP contribution in [0.1, 0.15) is 59.4 Å². The van der Waals surface area contributed by atoms with Crippen molar-refractivity contribution >= 4 is 40.2 Å². The number of ether oxygens (including phenoxy) is 1. The summed E-state index contributed by atoms with van der Waals surface area (Å²) in [7, 11) is 0. The van der Waals surface area contributed by atoms with Crippen molar-refractivity contribution in [2.24, 2.45) is 11.8 Å². The number of carbonyl (C=O) groups is 4. The molecule has 9 heteroatoms. The second kappa shape index (κ2) is 16.2. The van der Waals surface area contributed by atoms with Crippen molar-refractivity contribution in [3.05, 3.63) is 96.7 Å². The molecule has 3 aromatic carbocycles. The first-order valence-corrected chi connectivity index (χ1v) is 17.5. The van der Waals surface area contributed by atoms with Gasteiger partial charge in [-0.1, -0.05) is 68.4 Å². The zero-order valence-corrected chi connectivity index (χ0v) is 29.7. The molecule has 1 aromatic heterocycles. The molecule has 1 fully saturated rings. The molecule has 0 spiro atoms. The van der Waals surface area contributed by atoms with Crippen molar-refractivity contribution in [2.45, 2.75) is 71.9 Å². The molecule has 1 N–H and O–H groups in total. The lowest BCUT2D eigenvalue weighted by molar-refractivity contribution is -0.153. The van der Waals surface area contributed by atoms with E-state index in [0.29, 0.717) is 37.1 Å². The summed E-state index contributed by atoms with van der Waals surface area (Å²) in [5, 5.41) is 5.08. The Morgan fingerprint density at radius 2 is 1.70 bits per heavy atom. The average Bonchev–Trinajstić information content (AvgIpc) is 3.29. The first-order valence-electron chi connectivity index (χ1n) is 17.5. The topological polar surface area (TPSA) is 109 Å². The van der Waals surface area contributed by atoms with Crippen molar-refractivity contribution in [1.29, 1.82) is 0 Å². The molecule has 3 amide bonds. The van der Waals surface area contributed by atoms with E-state index < -0.39 is 35.5 Å². The van der Waals surface area contributed by atoms with Gasteiger partial charge in [-0.3, -0.25) is 29.2 Å². The van der Waals surface area contributed by atoms with Crippen LogP contribution >= 0.6 is 0 Å². The molecule has 50 heavy (non-hydrogen) atoms. The highest BCUT2D eigenvalue weighted by Gasteiger charge is 2.40. The summed E-state index contributed by atoms with van der Waals surface area (Å²) in [5.74, 6) is -1.84. The van der Waals surface area contributed by atoms with Crippen LogP contribution in [-0.4, -0.2) is 64.9 Å². The molecule has 262 valence electrons. The maximum absolute atomic E-state index is 14.9. The van der Waals surface area contributed by atoms with Crippen LogP contribution in [0.4, 0.5) is 10.5 Å². The summed E-state index contributed by atoms with van der Waals surface area (Å²) in [6.45, 7) is 10.1.